The number of hydrogen-bond donors (Lipinski definition) is 2. The van der Waals surface area contributed by atoms with Crippen molar-refractivity contribution in [3.05, 3.63) is 39.8 Å². The third kappa shape index (κ3) is 3.85. The number of amides is 1. The second-order valence-corrected chi connectivity index (χ2v) is 8.67. The number of benzene rings is 1. The van der Waals surface area contributed by atoms with Crippen LogP contribution in [0.2, 0.25) is 0 Å². The van der Waals surface area contributed by atoms with E-state index in [2.05, 4.69) is 20.3 Å². The molecule has 0 atom stereocenters. The lowest BCUT2D eigenvalue weighted by atomic mass is 10.0. The highest BCUT2D eigenvalue weighted by atomic mass is 16.5. The summed E-state index contributed by atoms with van der Waals surface area (Å²) in [6.45, 7) is 6.63. The molecule has 2 fully saturated rings. The van der Waals surface area contributed by atoms with E-state index in [1.165, 1.54) is 12.8 Å². The minimum absolute atomic E-state index is 0.0843. The molecule has 3 heterocycles. The van der Waals surface area contributed by atoms with Gasteiger partial charge in [0.1, 0.15) is 0 Å². The molecule has 0 spiro atoms. The van der Waals surface area contributed by atoms with E-state index in [9.17, 15) is 9.59 Å². The van der Waals surface area contributed by atoms with Gasteiger partial charge in [-0.05, 0) is 37.5 Å². The Morgan fingerprint density at radius 2 is 2.00 bits per heavy atom. The average molecular weight is 424 g/mol. The number of nitrogens with one attached hydrogen (secondary N) is 2. The van der Waals surface area contributed by atoms with Gasteiger partial charge in [-0.2, -0.15) is 5.10 Å². The normalized spacial score (nSPS) is 18.2. The third-order valence-corrected chi connectivity index (χ3v) is 6.64. The molecule has 31 heavy (non-hydrogen) atoms. The van der Waals surface area contributed by atoms with Gasteiger partial charge in [0.15, 0.2) is 0 Å². The van der Waals surface area contributed by atoms with E-state index in [1.807, 2.05) is 23.7 Å². The van der Waals surface area contributed by atoms with Crippen molar-refractivity contribution >= 4 is 27.7 Å². The van der Waals surface area contributed by atoms with Crippen molar-refractivity contribution in [3.63, 3.8) is 0 Å². The Bertz CT molecular complexity index is 1170. The maximum Gasteiger partial charge on any atom is 0.259 e. The number of carbonyl (C=O) groups is 1. The third-order valence-electron chi connectivity index (χ3n) is 6.64. The van der Waals surface area contributed by atoms with Crippen molar-refractivity contribution in [2.45, 2.75) is 38.6 Å². The van der Waals surface area contributed by atoms with E-state index >= 15 is 0 Å². The number of aromatic nitrogens is 3. The molecule has 1 amide bonds. The van der Waals surface area contributed by atoms with Crippen molar-refractivity contribution in [2.75, 3.05) is 39.4 Å². The Morgan fingerprint density at radius 3 is 2.77 bits per heavy atom. The zero-order valence-corrected chi connectivity index (χ0v) is 17.9. The molecule has 0 unspecified atom stereocenters. The number of nitrogens with zero attached hydrogens (tertiary/aromatic N) is 3. The fraction of sp³-hybridized carbons (Fsp3) is 0.522. The first-order valence-corrected chi connectivity index (χ1v) is 11.2. The molecule has 164 valence electrons. The summed E-state index contributed by atoms with van der Waals surface area (Å²) in [6.07, 6.45) is 6.18. The number of aromatic amines is 1. The van der Waals surface area contributed by atoms with Crippen LogP contribution in [0.15, 0.2) is 23.1 Å². The highest BCUT2D eigenvalue weighted by molar-refractivity contribution is 6.07. The Balaban J connectivity index is 1.47. The van der Waals surface area contributed by atoms with Gasteiger partial charge in [-0.1, -0.05) is 12.8 Å². The molecule has 1 aromatic carbocycles. The van der Waals surface area contributed by atoms with Crippen LogP contribution in [0.3, 0.4) is 0 Å². The summed E-state index contributed by atoms with van der Waals surface area (Å²) in [5.74, 6) is -0.0843. The summed E-state index contributed by atoms with van der Waals surface area (Å²) < 4.78 is 7.38. The molecule has 0 radical (unpaired) electrons. The van der Waals surface area contributed by atoms with Crippen molar-refractivity contribution in [1.82, 2.24) is 25.0 Å². The van der Waals surface area contributed by atoms with E-state index in [0.717, 1.165) is 67.7 Å². The number of ether oxygens (including phenoxy) is 1. The van der Waals surface area contributed by atoms with E-state index < -0.39 is 0 Å². The number of fused-ring (bicyclic) bond motifs is 3. The quantitative estimate of drug-likeness (QED) is 0.657. The first kappa shape index (κ1) is 20.2. The first-order chi connectivity index (χ1) is 15.1. The lowest BCUT2D eigenvalue weighted by molar-refractivity contribution is 0.0383. The van der Waals surface area contributed by atoms with Crippen LogP contribution in [0.5, 0.6) is 0 Å². The minimum atomic E-state index is -0.131. The van der Waals surface area contributed by atoms with Crippen molar-refractivity contribution in [1.29, 1.82) is 0 Å². The van der Waals surface area contributed by atoms with E-state index in [-0.39, 0.29) is 11.5 Å². The van der Waals surface area contributed by atoms with Gasteiger partial charge in [0.2, 0.25) is 0 Å². The Morgan fingerprint density at radius 1 is 1.23 bits per heavy atom. The molecular formula is C23H29N5O3. The van der Waals surface area contributed by atoms with E-state index in [1.54, 1.807) is 6.20 Å². The molecule has 2 N–H and O–H groups in total. The van der Waals surface area contributed by atoms with Gasteiger partial charge < -0.3 is 15.0 Å². The van der Waals surface area contributed by atoms with Gasteiger partial charge in [0.25, 0.3) is 11.5 Å². The monoisotopic (exact) mass is 423 g/mol. The molecule has 8 nitrogen and oxygen atoms in total. The van der Waals surface area contributed by atoms with E-state index in [0.29, 0.717) is 23.5 Å². The van der Waals surface area contributed by atoms with Crippen LogP contribution < -0.4 is 10.9 Å². The van der Waals surface area contributed by atoms with Gasteiger partial charge in [0.05, 0.1) is 41.9 Å². The summed E-state index contributed by atoms with van der Waals surface area (Å²) in [5.41, 5.74) is 2.95. The molecule has 8 heteroatoms. The predicted molar refractivity (Wildman–Crippen MR) is 120 cm³/mol. The molecule has 1 saturated carbocycles. The molecular weight excluding hydrogens is 394 g/mol. The summed E-state index contributed by atoms with van der Waals surface area (Å²) in [7, 11) is 0. The second kappa shape index (κ2) is 8.43. The Hall–Kier alpha value is -2.71. The SMILES string of the molecule is Cc1cc2[nH]c(=O)c3cnn(C4CCCC4)c3c2cc1C(=O)NCCN1CCOCC1. The number of aryl methyl sites for hydroxylation is 1. The summed E-state index contributed by atoms with van der Waals surface area (Å²) in [4.78, 5) is 30.9. The molecule has 2 aromatic heterocycles. The van der Waals surface area contributed by atoms with E-state index in [4.69, 9.17) is 4.74 Å². The highest BCUT2D eigenvalue weighted by Crippen LogP contribution is 2.33. The zero-order valence-electron chi connectivity index (χ0n) is 17.9. The van der Waals surface area contributed by atoms with Crippen LogP contribution in [-0.4, -0.2) is 65.0 Å². The van der Waals surface area contributed by atoms with Gasteiger partial charge in [-0.25, -0.2) is 0 Å². The summed E-state index contributed by atoms with van der Waals surface area (Å²) >= 11 is 0. The second-order valence-electron chi connectivity index (χ2n) is 8.67. The number of hydrogen-bond acceptors (Lipinski definition) is 5. The number of H-pyrrole nitrogens is 1. The molecule has 3 aromatic rings. The van der Waals surface area contributed by atoms with Crippen LogP contribution in [0, 0.1) is 6.92 Å². The average Bonchev–Trinajstić information content (AvgIpc) is 3.44. The lowest BCUT2D eigenvalue weighted by Gasteiger charge is -2.26. The van der Waals surface area contributed by atoms with Crippen molar-refractivity contribution in [3.8, 4) is 0 Å². The maximum atomic E-state index is 13.0. The zero-order chi connectivity index (χ0) is 21.4. The Kier molecular flexibility index (Phi) is 5.50. The lowest BCUT2D eigenvalue weighted by Crippen LogP contribution is -2.41. The number of carbonyl (C=O) groups excluding carboxylic acids is 1. The van der Waals surface area contributed by atoms with Crippen LogP contribution in [0.25, 0.3) is 21.8 Å². The van der Waals surface area contributed by atoms with Gasteiger partial charge >= 0.3 is 0 Å². The smallest absolute Gasteiger partial charge is 0.259 e. The minimum Gasteiger partial charge on any atom is -0.379 e. The number of rotatable bonds is 5. The fourth-order valence-corrected chi connectivity index (χ4v) is 4.91. The van der Waals surface area contributed by atoms with Crippen molar-refractivity contribution in [2.24, 2.45) is 0 Å². The van der Waals surface area contributed by atoms with Gasteiger partial charge in [-0.3, -0.25) is 19.2 Å². The standard InChI is InChI=1S/C23H29N5O3/c1-15-12-20-18(13-17(15)22(29)24-6-7-27-8-10-31-11-9-27)21-19(23(30)26-20)14-25-28(21)16-4-2-3-5-16/h12-14,16H,2-11H2,1H3,(H,24,29)(H,26,30). The van der Waals surface area contributed by atoms with Gasteiger partial charge in [-0.15, -0.1) is 0 Å². The highest BCUT2D eigenvalue weighted by Gasteiger charge is 2.23. The molecule has 2 aliphatic rings. The maximum absolute atomic E-state index is 13.0. The largest absolute Gasteiger partial charge is 0.379 e. The van der Waals surface area contributed by atoms with Gasteiger partial charge in [0, 0.05) is 37.1 Å². The summed E-state index contributed by atoms with van der Waals surface area (Å²) in [6, 6.07) is 4.13. The first-order valence-electron chi connectivity index (χ1n) is 11.2. The molecule has 1 aliphatic heterocycles. The summed E-state index contributed by atoms with van der Waals surface area (Å²) in [5, 5.41) is 9.09. The van der Waals surface area contributed by atoms with Crippen molar-refractivity contribution < 1.29 is 9.53 Å². The molecule has 0 bridgehead atoms. The molecule has 1 saturated heterocycles. The number of morpholine rings is 1. The van der Waals surface area contributed by atoms with Crippen LogP contribution >= 0.6 is 0 Å². The van der Waals surface area contributed by atoms with Crippen LogP contribution in [-0.2, 0) is 4.74 Å². The van der Waals surface area contributed by atoms with Crippen LogP contribution in [0.4, 0.5) is 0 Å². The Labute approximate surface area is 180 Å². The predicted octanol–water partition coefficient (Wildman–Crippen LogP) is 2.36. The van der Waals surface area contributed by atoms with Crippen LogP contribution in [0.1, 0.15) is 47.6 Å². The number of pyridine rings is 1. The topological polar surface area (TPSA) is 92.2 Å². The molecule has 1 aliphatic carbocycles. The fourth-order valence-electron chi connectivity index (χ4n) is 4.91. The molecule has 5 rings (SSSR count).